The fraction of sp³-hybridized carbons (Fsp3) is 0.933. The Bertz CT molecular complexity index is 302. The largest absolute Gasteiger partial charge is 0.338 e. The molecule has 2 N–H and O–H groups in total. The van der Waals surface area contributed by atoms with Gasteiger partial charge in [-0.1, -0.05) is 0 Å². The van der Waals surface area contributed by atoms with E-state index in [2.05, 4.69) is 36.3 Å². The third-order valence-corrected chi connectivity index (χ3v) is 4.52. The van der Waals surface area contributed by atoms with E-state index < -0.39 is 0 Å². The number of nitrogens with zero attached hydrogens (tertiary/aromatic N) is 1. The standard InChI is InChI=1S/C15H29N3O/c1-11(2)18-8-4-5-13(10-18)9-16-15(19)17-12(3)14-6-7-14/h11-14H,4-10H2,1-3H3,(H2,16,17,19)/t12-,13+/m0/s1. The Hall–Kier alpha value is -0.770. The van der Waals surface area contributed by atoms with Gasteiger partial charge in [0, 0.05) is 25.2 Å². The zero-order valence-corrected chi connectivity index (χ0v) is 12.6. The molecule has 0 spiro atoms. The highest BCUT2D eigenvalue weighted by atomic mass is 16.2. The summed E-state index contributed by atoms with van der Waals surface area (Å²) < 4.78 is 0. The van der Waals surface area contributed by atoms with Gasteiger partial charge >= 0.3 is 6.03 Å². The molecule has 0 aromatic carbocycles. The Kier molecular flexibility index (Phi) is 5.08. The Labute approximate surface area is 117 Å². The van der Waals surface area contributed by atoms with Crippen molar-refractivity contribution in [2.24, 2.45) is 11.8 Å². The molecule has 1 saturated carbocycles. The van der Waals surface area contributed by atoms with E-state index in [4.69, 9.17) is 0 Å². The molecule has 4 heteroatoms. The van der Waals surface area contributed by atoms with Crippen molar-refractivity contribution >= 4 is 6.03 Å². The predicted octanol–water partition coefficient (Wildman–Crippen LogP) is 2.20. The molecular weight excluding hydrogens is 238 g/mol. The van der Waals surface area contributed by atoms with Gasteiger partial charge in [0.2, 0.25) is 0 Å². The minimum absolute atomic E-state index is 0.0149. The molecule has 0 aromatic heterocycles. The van der Waals surface area contributed by atoms with Gasteiger partial charge in [0.15, 0.2) is 0 Å². The second-order valence-corrected chi connectivity index (χ2v) is 6.58. The first kappa shape index (κ1) is 14.6. The van der Waals surface area contributed by atoms with Gasteiger partial charge in [0.05, 0.1) is 0 Å². The molecule has 2 fully saturated rings. The summed E-state index contributed by atoms with van der Waals surface area (Å²) in [6.45, 7) is 9.75. The average Bonchev–Trinajstić information content (AvgIpc) is 3.21. The molecule has 2 aliphatic rings. The maximum atomic E-state index is 11.8. The molecule has 4 nitrogen and oxygen atoms in total. The summed E-state index contributed by atoms with van der Waals surface area (Å²) in [6.07, 6.45) is 5.03. The SMILES string of the molecule is CC(C)N1CCC[C@H](CNC(=O)N[C@@H](C)C2CC2)C1. The zero-order chi connectivity index (χ0) is 13.8. The second-order valence-electron chi connectivity index (χ2n) is 6.58. The Morgan fingerprint density at radius 3 is 2.63 bits per heavy atom. The van der Waals surface area contributed by atoms with Crippen molar-refractivity contribution < 1.29 is 4.79 Å². The summed E-state index contributed by atoms with van der Waals surface area (Å²) in [7, 11) is 0. The lowest BCUT2D eigenvalue weighted by Crippen LogP contribution is -2.47. The summed E-state index contributed by atoms with van der Waals surface area (Å²) >= 11 is 0. The molecule has 2 rings (SSSR count). The normalized spacial score (nSPS) is 26.2. The number of amides is 2. The van der Waals surface area contributed by atoms with Gasteiger partial charge in [0.1, 0.15) is 0 Å². The minimum atomic E-state index is 0.0149. The van der Waals surface area contributed by atoms with Crippen molar-refractivity contribution in [3.8, 4) is 0 Å². The van der Waals surface area contributed by atoms with Crippen LogP contribution in [0.2, 0.25) is 0 Å². The van der Waals surface area contributed by atoms with E-state index in [0.717, 1.165) is 19.0 Å². The van der Waals surface area contributed by atoms with Crippen LogP contribution in [0.3, 0.4) is 0 Å². The number of piperidine rings is 1. The quantitative estimate of drug-likeness (QED) is 0.802. The van der Waals surface area contributed by atoms with Crippen molar-refractivity contribution in [2.45, 2.75) is 58.5 Å². The second kappa shape index (κ2) is 6.60. The van der Waals surface area contributed by atoms with Crippen LogP contribution >= 0.6 is 0 Å². The molecule has 2 amide bonds. The van der Waals surface area contributed by atoms with Crippen LogP contribution in [0.1, 0.15) is 46.5 Å². The molecular formula is C15H29N3O. The first-order valence-corrected chi connectivity index (χ1v) is 7.84. The first-order chi connectivity index (χ1) is 9.06. The van der Waals surface area contributed by atoms with Gasteiger partial charge in [-0.25, -0.2) is 4.79 Å². The van der Waals surface area contributed by atoms with Crippen molar-refractivity contribution in [2.75, 3.05) is 19.6 Å². The molecule has 1 heterocycles. The van der Waals surface area contributed by atoms with Gasteiger partial charge < -0.3 is 15.5 Å². The molecule has 110 valence electrons. The number of carbonyl (C=O) groups excluding carboxylic acids is 1. The van der Waals surface area contributed by atoms with E-state index in [1.54, 1.807) is 0 Å². The van der Waals surface area contributed by atoms with E-state index in [0.29, 0.717) is 18.0 Å². The van der Waals surface area contributed by atoms with Crippen LogP contribution in [0.25, 0.3) is 0 Å². The summed E-state index contributed by atoms with van der Waals surface area (Å²) in [6, 6.07) is 0.964. The van der Waals surface area contributed by atoms with Gasteiger partial charge in [0.25, 0.3) is 0 Å². The fourth-order valence-corrected chi connectivity index (χ4v) is 2.94. The van der Waals surface area contributed by atoms with E-state index in [1.807, 2.05) is 0 Å². The highest BCUT2D eigenvalue weighted by Crippen LogP contribution is 2.32. The molecule has 0 unspecified atom stereocenters. The van der Waals surface area contributed by atoms with Crippen LogP contribution in [0, 0.1) is 11.8 Å². The van der Waals surface area contributed by atoms with Crippen molar-refractivity contribution in [3.05, 3.63) is 0 Å². The van der Waals surface area contributed by atoms with Gasteiger partial charge in [-0.05, 0) is 64.8 Å². The molecule has 0 aromatic rings. The molecule has 1 saturated heterocycles. The summed E-state index contributed by atoms with van der Waals surface area (Å²) in [4.78, 5) is 14.3. The third-order valence-electron chi connectivity index (χ3n) is 4.52. The van der Waals surface area contributed by atoms with Crippen molar-refractivity contribution in [1.29, 1.82) is 0 Å². The molecule has 19 heavy (non-hydrogen) atoms. The fourth-order valence-electron chi connectivity index (χ4n) is 2.94. The number of carbonyl (C=O) groups is 1. The Morgan fingerprint density at radius 1 is 1.26 bits per heavy atom. The van der Waals surface area contributed by atoms with Crippen molar-refractivity contribution in [1.82, 2.24) is 15.5 Å². The third kappa shape index (κ3) is 4.68. The monoisotopic (exact) mass is 267 g/mol. The van der Waals surface area contributed by atoms with Crippen molar-refractivity contribution in [3.63, 3.8) is 0 Å². The van der Waals surface area contributed by atoms with Gasteiger partial charge in [-0.3, -0.25) is 0 Å². The Balaban J connectivity index is 1.65. The van der Waals surface area contributed by atoms with E-state index in [9.17, 15) is 4.79 Å². The van der Waals surface area contributed by atoms with Gasteiger partial charge in [-0.2, -0.15) is 0 Å². The zero-order valence-electron chi connectivity index (χ0n) is 12.6. The van der Waals surface area contributed by atoms with E-state index in [1.165, 1.54) is 32.2 Å². The highest BCUT2D eigenvalue weighted by molar-refractivity contribution is 5.74. The van der Waals surface area contributed by atoms with E-state index in [-0.39, 0.29) is 6.03 Å². The Morgan fingerprint density at radius 2 is 2.00 bits per heavy atom. The smallest absolute Gasteiger partial charge is 0.315 e. The molecule has 1 aliphatic carbocycles. The predicted molar refractivity (Wildman–Crippen MR) is 78.2 cm³/mol. The van der Waals surface area contributed by atoms with Crippen LogP contribution in [-0.2, 0) is 0 Å². The maximum Gasteiger partial charge on any atom is 0.315 e. The van der Waals surface area contributed by atoms with Crippen LogP contribution in [-0.4, -0.2) is 42.6 Å². The summed E-state index contributed by atoms with van der Waals surface area (Å²) in [5.74, 6) is 1.33. The van der Waals surface area contributed by atoms with E-state index >= 15 is 0 Å². The van der Waals surface area contributed by atoms with Crippen LogP contribution in [0.5, 0.6) is 0 Å². The lowest BCUT2D eigenvalue weighted by Gasteiger charge is -2.35. The number of urea groups is 1. The number of rotatable bonds is 5. The number of nitrogens with one attached hydrogen (secondary N) is 2. The minimum Gasteiger partial charge on any atom is -0.338 e. The molecule has 1 aliphatic heterocycles. The first-order valence-electron chi connectivity index (χ1n) is 7.84. The lowest BCUT2D eigenvalue weighted by atomic mass is 9.97. The molecule has 0 radical (unpaired) electrons. The molecule has 0 bridgehead atoms. The number of likely N-dealkylation sites (tertiary alicyclic amines) is 1. The average molecular weight is 267 g/mol. The topological polar surface area (TPSA) is 44.4 Å². The number of hydrogen-bond acceptors (Lipinski definition) is 2. The highest BCUT2D eigenvalue weighted by Gasteiger charge is 2.29. The van der Waals surface area contributed by atoms with Gasteiger partial charge in [-0.15, -0.1) is 0 Å². The summed E-state index contributed by atoms with van der Waals surface area (Å²) in [5.41, 5.74) is 0. The van der Waals surface area contributed by atoms with Crippen LogP contribution in [0.15, 0.2) is 0 Å². The van der Waals surface area contributed by atoms with Crippen LogP contribution < -0.4 is 10.6 Å². The molecule has 2 atom stereocenters. The summed E-state index contributed by atoms with van der Waals surface area (Å²) in [5, 5.41) is 6.10. The maximum absolute atomic E-state index is 11.8. The van der Waals surface area contributed by atoms with Crippen LogP contribution in [0.4, 0.5) is 4.79 Å². The lowest BCUT2D eigenvalue weighted by molar-refractivity contribution is 0.139. The number of hydrogen-bond donors (Lipinski definition) is 2.